The maximum Gasteiger partial charge on any atom is 0.412 e. The molecule has 0 aromatic heterocycles. The number of esters is 1. The van der Waals surface area contributed by atoms with E-state index in [4.69, 9.17) is 4.74 Å². The van der Waals surface area contributed by atoms with E-state index in [1.54, 1.807) is 20.8 Å². The number of benzene rings is 1. The third-order valence-electron chi connectivity index (χ3n) is 2.10. The smallest absolute Gasteiger partial charge is 0.412 e. The molecule has 0 saturated heterocycles. The van der Waals surface area contributed by atoms with Crippen LogP contribution in [0.25, 0.3) is 0 Å². The Labute approximate surface area is 128 Å². The first-order valence-corrected chi connectivity index (χ1v) is 7.20. The molecule has 1 aromatic rings. The van der Waals surface area contributed by atoms with E-state index in [0.29, 0.717) is 0 Å². The van der Waals surface area contributed by atoms with Crippen LogP contribution < -0.4 is 5.32 Å². The van der Waals surface area contributed by atoms with Gasteiger partial charge in [0.15, 0.2) is 0 Å². The first kappa shape index (κ1) is 17.1. The third-order valence-corrected chi connectivity index (χ3v) is 2.99. The second-order valence-corrected chi connectivity index (χ2v) is 6.02. The van der Waals surface area contributed by atoms with Gasteiger partial charge in [0.05, 0.1) is 7.11 Å². The van der Waals surface area contributed by atoms with Crippen molar-refractivity contribution < 1.29 is 19.1 Å². The second kappa shape index (κ2) is 7.73. The standard InChI is InChI=1S/C15H19NO4S/c1-15(2,3)20-14(18)16-12(13(17)19-4)10-21-11-8-6-5-7-9-11/h5-10H,1-4H3,(H,16,18)/b12-10-. The number of nitrogens with one attached hydrogen (secondary N) is 1. The van der Waals surface area contributed by atoms with Gasteiger partial charge >= 0.3 is 12.1 Å². The number of hydrogen-bond donors (Lipinski definition) is 1. The van der Waals surface area contributed by atoms with Crippen molar-refractivity contribution in [1.29, 1.82) is 0 Å². The highest BCUT2D eigenvalue weighted by Crippen LogP contribution is 2.20. The van der Waals surface area contributed by atoms with E-state index in [1.807, 2.05) is 30.3 Å². The molecule has 1 rings (SSSR count). The Morgan fingerprint density at radius 1 is 1.19 bits per heavy atom. The molecule has 0 aliphatic carbocycles. The maximum atomic E-state index is 11.7. The molecule has 0 fully saturated rings. The minimum atomic E-state index is -0.701. The Balaban J connectivity index is 2.76. The molecular weight excluding hydrogens is 290 g/mol. The van der Waals surface area contributed by atoms with Gasteiger partial charge < -0.3 is 9.47 Å². The number of hydrogen-bond acceptors (Lipinski definition) is 5. The van der Waals surface area contributed by atoms with Crippen molar-refractivity contribution in [2.75, 3.05) is 7.11 Å². The Morgan fingerprint density at radius 2 is 1.81 bits per heavy atom. The van der Waals surface area contributed by atoms with E-state index in [-0.39, 0.29) is 5.70 Å². The molecule has 0 radical (unpaired) electrons. The zero-order valence-electron chi connectivity index (χ0n) is 12.5. The first-order valence-electron chi connectivity index (χ1n) is 6.32. The Bertz CT molecular complexity index is 520. The fraction of sp³-hybridized carbons (Fsp3) is 0.333. The van der Waals surface area contributed by atoms with Crippen LogP contribution in [-0.4, -0.2) is 24.8 Å². The normalized spacial score (nSPS) is 11.7. The highest BCUT2D eigenvalue weighted by atomic mass is 32.2. The van der Waals surface area contributed by atoms with Crippen LogP contribution in [0, 0.1) is 0 Å². The SMILES string of the molecule is COC(=O)/C(=C/Sc1ccccc1)NC(=O)OC(C)(C)C. The van der Waals surface area contributed by atoms with Crippen molar-refractivity contribution in [1.82, 2.24) is 5.32 Å². The molecule has 21 heavy (non-hydrogen) atoms. The van der Waals surface area contributed by atoms with Gasteiger partial charge in [-0.05, 0) is 32.9 Å². The maximum absolute atomic E-state index is 11.7. The molecule has 114 valence electrons. The van der Waals surface area contributed by atoms with Gasteiger partial charge in [-0.2, -0.15) is 0 Å². The van der Waals surface area contributed by atoms with Crippen LogP contribution in [0.2, 0.25) is 0 Å². The molecule has 0 unspecified atom stereocenters. The molecule has 0 spiro atoms. The van der Waals surface area contributed by atoms with E-state index < -0.39 is 17.7 Å². The average Bonchev–Trinajstić information content (AvgIpc) is 2.41. The summed E-state index contributed by atoms with van der Waals surface area (Å²) in [5, 5.41) is 3.92. The van der Waals surface area contributed by atoms with E-state index in [1.165, 1.54) is 24.3 Å². The molecule has 0 heterocycles. The van der Waals surface area contributed by atoms with E-state index in [0.717, 1.165) is 4.90 Å². The largest absolute Gasteiger partial charge is 0.464 e. The van der Waals surface area contributed by atoms with Crippen molar-refractivity contribution in [3.8, 4) is 0 Å². The fourth-order valence-electron chi connectivity index (χ4n) is 1.28. The molecule has 0 aliphatic heterocycles. The lowest BCUT2D eigenvalue weighted by Crippen LogP contribution is -2.34. The summed E-state index contributed by atoms with van der Waals surface area (Å²) in [5.41, 5.74) is -0.613. The van der Waals surface area contributed by atoms with Crippen LogP contribution in [0.5, 0.6) is 0 Å². The zero-order valence-corrected chi connectivity index (χ0v) is 13.3. The zero-order chi connectivity index (χ0) is 15.9. The van der Waals surface area contributed by atoms with Crippen molar-refractivity contribution in [3.63, 3.8) is 0 Å². The lowest BCUT2D eigenvalue weighted by atomic mass is 10.2. The van der Waals surface area contributed by atoms with E-state index in [9.17, 15) is 9.59 Å². The lowest BCUT2D eigenvalue weighted by molar-refractivity contribution is -0.136. The quantitative estimate of drug-likeness (QED) is 0.525. The van der Waals surface area contributed by atoms with Gasteiger partial charge in [0.2, 0.25) is 0 Å². The summed E-state index contributed by atoms with van der Waals surface area (Å²) in [4.78, 5) is 24.3. The number of rotatable bonds is 4. The molecule has 0 bridgehead atoms. The van der Waals surface area contributed by atoms with Gasteiger partial charge in [0.1, 0.15) is 11.3 Å². The Hall–Kier alpha value is -1.95. The molecule has 1 N–H and O–H groups in total. The van der Waals surface area contributed by atoms with E-state index in [2.05, 4.69) is 10.1 Å². The third kappa shape index (κ3) is 6.85. The molecule has 1 aromatic carbocycles. The Morgan fingerprint density at radius 3 is 2.33 bits per heavy atom. The number of alkyl carbamates (subject to hydrolysis) is 1. The van der Waals surface area contributed by atoms with Crippen LogP contribution in [-0.2, 0) is 14.3 Å². The minimum Gasteiger partial charge on any atom is -0.464 e. The average molecular weight is 309 g/mol. The lowest BCUT2D eigenvalue weighted by Gasteiger charge is -2.20. The number of methoxy groups -OCH3 is 1. The van der Waals surface area contributed by atoms with Crippen molar-refractivity contribution in [2.24, 2.45) is 0 Å². The van der Waals surface area contributed by atoms with Gasteiger partial charge in [-0.15, -0.1) is 0 Å². The van der Waals surface area contributed by atoms with Crippen LogP contribution in [0.1, 0.15) is 20.8 Å². The van der Waals surface area contributed by atoms with Gasteiger partial charge in [0, 0.05) is 10.3 Å². The molecule has 6 heteroatoms. The van der Waals surface area contributed by atoms with Gasteiger partial charge in [-0.3, -0.25) is 5.32 Å². The van der Waals surface area contributed by atoms with Crippen LogP contribution in [0.3, 0.4) is 0 Å². The summed E-state index contributed by atoms with van der Waals surface area (Å²) in [6, 6.07) is 9.45. The molecule has 5 nitrogen and oxygen atoms in total. The summed E-state index contributed by atoms with van der Waals surface area (Å²) in [7, 11) is 1.25. The minimum absolute atomic E-state index is 0.0283. The predicted octanol–water partition coefficient (Wildman–Crippen LogP) is 3.32. The Kier molecular flexibility index (Phi) is 6.30. The highest BCUT2D eigenvalue weighted by molar-refractivity contribution is 8.02. The summed E-state index contributed by atoms with van der Waals surface area (Å²) in [6.45, 7) is 5.23. The number of amides is 1. The summed E-state index contributed by atoms with van der Waals surface area (Å²) >= 11 is 1.30. The van der Waals surface area contributed by atoms with Gasteiger partial charge in [0.25, 0.3) is 0 Å². The monoisotopic (exact) mass is 309 g/mol. The van der Waals surface area contributed by atoms with Crippen molar-refractivity contribution in [3.05, 3.63) is 41.4 Å². The number of ether oxygens (including phenoxy) is 2. The number of thioether (sulfide) groups is 1. The summed E-state index contributed by atoms with van der Waals surface area (Å²) in [6.07, 6.45) is -0.701. The van der Waals surface area contributed by atoms with Gasteiger partial charge in [-0.25, -0.2) is 9.59 Å². The molecule has 0 aliphatic rings. The number of carbonyl (C=O) groups is 2. The topological polar surface area (TPSA) is 64.6 Å². The molecule has 0 atom stereocenters. The predicted molar refractivity (Wildman–Crippen MR) is 81.8 cm³/mol. The van der Waals surface area contributed by atoms with Crippen LogP contribution in [0.4, 0.5) is 4.79 Å². The van der Waals surface area contributed by atoms with Crippen LogP contribution >= 0.6 is 11.8 Å². The first-order chi connectivity index (χ1) is 9.81. The molecular formula is C15H19NO4S. The highest BCUT2D eigenvalue weighted by Gasteiger charge is 2.19. The van der Waals surface area contributed by atoms with Crippen LogP contribution in [0.15, 0.2) is 46.3 Å². The summed E-state index contributed by atoms with van der Waals surface area (Å²) < 4.78 is 9.75. The number of carbonyl (C=O) groups excluding carboxylic acids is 2. The van der Waals surface area contributed by atoms with E-state index >= 15 is 0 Å². The second-order valence-electron chi connectivity index (χ2n) is 5.08. The summed E-state index contributed by atoms with van der Waals surface area (Å²) in [5.74, 6) is -0.635. The molecule has 1 amide bonds. The van der Waals surface area contributed by atoms with Gasteiger partial charge in [-0.1, -0.05) is 30.0 Å². The van der Waals surface area contributed by atoms with Crippen molar-refractivity contribution in [2.45, 2.75) is 31.3 Å². The fourth-order valence-corrected chi connectivity index (χ4v) is 2.00. The molecule has 0 saturated carbocycles. The van der Waals surface area contributed by atoms with Crippen molar-refractivity contribution >= 4 is 23.8 Å².